The van der Waals surface area contributed by atoms with Crippen molar-refractivity contribution in [3.05, 3.63) is 94.2 Å². The van der Waals surface area contributed by atoms with E-state index in [0.29, 0.717) is 0 Å². The van der Waals surface area contributed by atoms with E-state index in [1.165, 1.54) is 35.2 Å². The van der Waals surface area contributed by atoms with Crippen molar-refractivity contribution in [3.63, 3.8) is 0 Å². The minimum atomic E-state index is -4.33. The first kappa shape index (κ1) is 29.3. The second-order valence-electron chi connectivity index (χ2n) is 9.26. The summed E-state index contributed by atoms with van der Waals surface area (Å²) in [5.74, 6) is -1.83. The predicted molar refractivity (Wildman–Crippen MR) is 150 cm³/mol. The summed E-state index contributed by atoms with van der Waals surface area (Å²) in [5.41, 5.74) is 1.33. The molecule has 1 atom stereocenters. The summed E-state index contributed by atoms with van der Waals surface area (Å²) in [7, 11) is -4.33. The zero-order valence-electron chi connectivity index (χ0n) is 21.7. The Kier molecular flexibility index (Phi) is 9.67. The number of anilines is 1. The summed E-state index contributed by atoms with van der Waals surface area (Å²) in [5, 5.41) is 2.80. The molecule has 0 aliphatic carbocycles. The van der Waals surface area contributed by atoms with Crippen molar-refractivity contribution in [1.29, 1.82) is 0 Å². The monoisotopic (exact) mass is 603 g/mol. The van der Waals surface area contributed by atoms with Gasteiger partial charge in [0.25, 0.3) is 10.0 Å². The van der Waals surface area contributed by atoms with Gasteiger partial charge in [0.15, 0.2) is 0 Å². The van der Waals surface area contributed by atoms with Gasteiger partial charge in [0.1, 0.15) is 18.4 Å². The molecule has 0 aromatic heterocycles. The molecule has 0 saturated carbocycles. The average Bonchev–Trinajstić information content (AvgIpc) is 2.86. The van der Waals surface area contributed by atoms with E-state index in [-0.39, 0.29) is 29.1 Å². The molecule has 202 valence electrons. The van der Waals surface area contributed by atoms with Crippen molar-refractivity contribution in [2.24, 2.45) is 0 Å². The average molecular weight is 605 g/mol. The van der Waals surface area contributed by atoms with Crippen LogP contribution in [-0.4, -0.2) is 43.8 Å². The molecule has 0 aliphatic rings. The highest BCUT2D eigenvalue weighted by Crippen LogP contribution is 2.27. The quantitative estimate of drug-likeness (QED) is 0.352. The van der Waals surface area contributed by atoms with E-state index in [4.69, 9.17) is 0 Å². The Morgan fingerprint density at radius 1 is 0.947 bits per heavy atom. The normalized spacial score (nSPS) is 12.2. The zero-order valence-corrected chi connectivity index (χ0v) is 24.1. The Morgan fingerprint density at radius 2 is 1.55 bits per heavy atom. The summed E-state index contributed by atoms with van der Waals surface area (Å²) in [6, 6.07) is 17.6. The third kappa shape index (κ3) is 7.20. The number of para-hydroxylation sites is 1. The molecule has 0 radical (unpaired) electrons. The van der Waals surface area contributed by atoms with Crippen molar-refractivity contribution in [1.82, 2.24) is 10.2 Å². The van der Waals surface area contributed by atoms with Gasteiger partial charge in [0.05, 0.1) is 10.6 Å². The Bertz CT molecular complexity index is 1380. The van der Waals surface area contributed by atoms with E-state index in [1.807, 2.05) is 19.1 Å². The number of sulfonamides is 1. The van der Waals surface area contributed by atoms with Crippen LogP contribution in [0.5, 0.6) is 0 Å². The van der Waals surface area contributed by atoms with Gasteiger partial charge in [-0.3, -0.25) is 13.9 Å². The summed E-state index contributed by atoms with van der Waals surface area (Å²) in [4.78, 5) is 27.9. The molecule has 0 spiro atoms. The highest BCUT2D eigenvalue weighted by Gasteiger charge is 2.33. The molecular formula is C28H31BrFN3O4S. The number of rotatable bonds is 10. The van der Waals surface area contributed by atoms with E-state index in [0.717, 1.165) is 26.0 Å². The lowest BCUT2D eigenvalue weighted by molar-refractivity contribution is -0.139. The maximum absolute atomic E-state index is 14.9. The first-order valence-corrected chi connectivity index (χ1v) is 14.3. The van der Waals surface area contributed by atoms with E-state index in [2.05, 4.69) is 21.2 Å². The Morgan fingerprint density at radius 3 is 2.13 bits per heavy atom. The summed E-state index contributed by atoms with van der Waals surface area (Å²) in [6.07, 6.45) is 0. The molecule has 0 heterocycles. The lowest BCUT2D eigenvalue weighted by atomic mass is 10.1. The van der Waals surface area contributed by atoms with Crippen LogP contribution in [0.3, 0.4) is 0 Å². The number of nitrogens with zero attached hydrogens (tertiary/aromatic N) is 2. The minimum absolute atomic E-state index is 0.0501. The number of benzene rings is 3. The Hall–Kier alpha value is -3.24. The fourth-order valence-electron chi connectivity index (χ4n) is 3.78. The molecule has 0 aliphatic heterocycles. The lowest BCUT2D eigenvalue weighted by Crippen LogP contribution is -2.52. The molecule has 10 heteroatoms. The first-order chi connectivity index (χ1) is 17.9. The van der Waals surface area contributed by atoms with E-state index in [1.54, 1.807) is 45.0 Å². The number of carbonyl (C=O) groups is 2. The largest absolute Gasteiger partial charge is 0.352 e. The van der Waals surface area contributed by atoms with Gasteiger partial charge in [-0.1, -0.05) is 57.9 Å². The van der Waals surface area contributed by atoms with Crippen LogP contribution < -0.4 is 9.62 Å². The van der Waals surface area contributed by atoms with Gasteiger partial charge in [-0.15, -0.1) is 0 Å². The van der Waals surface area contributed by atoms with Crippen molar-refractivity contribution < 1.29 is 22.4 Å². The number of amides is 2. The smallest absolute Gasteiger partial charge is 0.264 e. The minimum Gasteiger partial charge on any atom is -0.352 e. The third-order valence-corrected chi connectivity index (χ3v) is 8.18. The maximum Gasteiger partial charge on any atom is 0.264 e. The number of aryl methyl sites for hydroxylation is 1. The fourth-order valence-corrected chi connectivity index (χ4v) is 5.47. The fraction of sp³-hybridized carbons (Fsp3) is 0.286. The molecule has 1 N–H and O–H groups in total. The van der Waals surface area contributed by atoms with Crippen LogP contribution in [0, 0.1) is 12.7 Å². The van der Waals surface area contributed by atoms with Gasteiger partial charge < -0.3 is 10.2 Å². The number of halogens is 2. The van der Waals surface area contributed by atoms with Gasteiger partial charge in [0, 0.05) is 17.1 Å². The van der Waals surface area contributed by atoms with Crippen LogP contribution in [-0.2, 0) is 26.2 Å². The van der Waals surface area contributed by atoms with Crippen molar-refractivity contribution in [2.45, 2.75) is 51.2 Å². The third-order valence-electron chi connectivity index (χ3n) is 5.87. The maximum atomic E-state index is 14.9. The molecule has 0 bridgehead atoms. The molecule has 38 heavy (non-hydrogen) atoms. The number of hydrogen-bond acceptors (Lipinski definition) is 4. The van der Waals surface area contributed by atoms with E-state index < -0.39 is 34.3 Å². The molecule has 3 aromatic rings. The molecule has 7 nitrogen and oxygen atoms in total. The molecule has 1 unspecified atom stereocenters. The zero-order chi connectivity index (χ0) is 28.0. The Labute approximate surface area is 231 Å². The molecule has 3 aromatic carbocycles. The van der Waals surface area contributed by atoms with Crippen LogP contribution in [0.15, 0.2) is 82.2 Å². The number of nitrogens with one attached hydrogen (secondary N) is 1. The summed E-state index contributed by atoms with van der Waals surface area (Å²) < 4.78 is 43.9. The van der Waals surface area contributed by atoms with Gasteiger partial charge in [-0.05, 0) is 69.7 Å². The van der Waals surface area contributed by atoms with Crippen LogP contribution >= 0.6 is 15.9 Å². The molecule has 3 rings (SSSR count). The van der Waals surface area contributed by atoms with Gasteiger partial charge in [-0.2, -0.15) is 0 Å². The second kappa shape index (κ2) is 12.5. The Balaban J connectivity index is 2.04. The molecular weight excluding hydrogens is 573 g/mol. The summed E-state index contributed by atoms with van der Waals surface area (Å²) >= 11 is 3.38. The summed E-state index contributed by atoms with van der Waals surface area (Å²) in [6.45, 7) is 6.36. The van der Waals surface area contributed by atoms with Crippen LogP contribution in [0.25, 0.3) is 0 Å². The van der Waals surface area contributed by atoms with Gasteiger partial charge in [-0.25, -0.2) is 12.8 Å². The van der Waals surface area contributed by atoms with Crippen LogP contribution in [0.2, 0.25) is 0 Å². The van der Waals surface area contributed by atoms with E-state index in [9.17, 15) is 22.4 Å². The van der Waals surface area contributed by atoms with Crippen LogP contribution in [0.4, 0.5) is 10.1 Å². The van der Waals surface area contributed by atoms with Crippen molar-refractivity contribution in [3.8, 4) is 0 Å². The van der Waals surface area contributed by atoms with Crippen LogP contribution in [0.1, 0.15) is 31.9 Å². The second-order valence-corrected chi connectivity index (χ2v) is 12.0. The molecule has 0 saturated heterocycles. The van der Waals surface area contributed by atoms with Gasteiger partial charge >= 0.3 is 0 Å². The SMILES string of the molecule is Cc1ccc(S(=O)(=O)N(CC(=O)N(Cc2ccc(Br)cc2)C(C)C(=O)NC(C)C)c2ccccc2F)cc1. The topological polar surface area (TPSA) is 86.8 Å². The highest BCUT2D eigenvalue weighted by molar-refractivity contribution is 9.10. The molecule has 2 amide bonds. The molecule has 0 fully saturated rings. The first-order valence-electron chi connectivity index (χ1n) is 12.1. The van der Waals surface area contributed by atoms with Gasteiger partial charge in [0.2, 0.25) is 11.8 Å². The lowest BCUT2D eigenvalue weighted by Gasteiger charge is -2.32. The predicted octanol–water partition coefficient (Wildman–Crippen LogP) is 5.03. The number of hydrogen-bond donors (Lipinski definition) is 1. The highest BCUT2D eigenvalue weighted by atomic mass is 79.9. The standard InChI is InChI=1S/C28H31BrFN3O4S/c1-19(2)31-28(35)21(4)32(17-22-11-13-23(29)14-12-22)27(34)18-33(26-8-6-5-7-25(26)30)38(36,37)24-15-9-20(3)10-16-24/h5-16,19,21H,17-18H2,1-4H3,(H,31,35). The van der Waals surface area contributed by atoms with Crippen molar-refractivity contribution >= 4 is 43.5 Å². The van der Waals surface area contributed by atoms with E-state index >= 15 is 0 Å². The van der Waals surface area contributed by atoms with Crippen molar-refractivity contribution in [2.75, 3.05) is 10.8 Å². The number of carbonyl (C=O) groups excluding carboxylic acids is 2.